The molecular weight excluding hydrogens is 263 g/mol. The van der Waals surface area contributed by atoms with Gasteiger partial charge in [-0.15, -0.1) is 0 Å². The molecule has 2 rings (SSSR count). The van der Waals surface area contributed by atoms with E-state index in [1.165, 1.54) is 0 Å². The van der Waals surface area contributed by atoms with Crippen LogP contribution < -0.4 is 5.32 Å². The molecule has 0 amide bonds. The first kappa shape index (κ1) is 14.6. The van der Waals surface area contributed by atoms with Crippen molar-refractivity contribution in [3.05, 3.63) is 70.5 Å². The zero-order chi connectivity index (χ0) is 14.7. The Morgan fingerprint density at radius 3 is 2.20 bits per heavy atom. The van der Waals surface area contributed by atoms with Crippen molar-refractivity contribution in [3.63, 3.8) is 0 Å². The van der Waals surface area contributed by atoms with Crippen molar-refractivity contribution < 1.29 is 13.2 Å². The Kier molecular flexibility index (Phi) is 4.45. The topological polar surface area (TPSA) is 12.0 Å². The van der Waals surface area contributed by atoms with Crippen LogP contribution >= 0.6 is 0 Å². The Bertz CT molecular complexity index is 593. The lowest BCUT2D eigenvalue weighted by molar-refractivity contribution is 0.482. The van der Waals surface area contributed by atoms with Gasteiger partial charge < -0.3 is 5.32 Å². The molecule has 0 aromatic heterocycles. The third kappa shape index (κ3) is 3.39. The van der Waals surface area contributed by atoms with Gasteiger partial charge in [0.05, 0.1) is 0 Å². The molecule has 1 atom stereocenters. The standard InChI is InChI=1S/C16H16F3N/c1-10-3-5-12(6-4-10)11(2)20-9-13-7-15(18)16(19)8-14(13)17/h3-8,11,20H,9H2,1-2H3/t11-/m0/s1. The van der Waals surface area contributed by atoms with Crippen molar-refractivity contribution in [1.82, 2.24) is 5.32 Å². The second kappa shape index (κ2) is 6.09. The molecule has 2 aromatic rings. The fraction of sp³-hybridized carbons (Fsp3) is 0.250. The maximum absolute atomic E-state index is 13.5. The van der Waals surface area contributed by atoms with Gasteiger partial charge in [0.2, 0.25) is 0 Å². The molecule has 0 heterocycles. The van der Waals surface area contributed by atoms with Crippen LogP contribution in [0.3, 0.4) is 0 Å². The molecule has 20 heavy (non-hydrogen) atoms. The van der Waals surface area contributed by atoms with Gasteiger partial charge in [-0.2, -0.15) is 0 Å². The molecule has 1 nitrogen and oxygen atoms in total. The van der Waals surface area contributed by atoms with Crippen LogP contribution in [0.4, 0.5) is 13.2 Å². The fourth-order valence-corrected chi connectivity index (χ4v) is 1.94. The first-order valence-electron chi connectivity index (χ1n) is 6.40. The Hall–Kier alpha value is -1.81. The summed E-state index contributed by atoms with van der Waals surface area (Å²) >= 11 is 0. The summed E-state index contributed by atoms with van der Waals surface area (Å²) in [6, 6.07) is 9.39. The number of hydrogen-bond donors (Lipinski definition) is 1. The maximum atomic E-state index is 13.5. The Morgan fingerprint density at radius 2 is 1.55 bits per heavy atom. The molecule has 106 valence electrons. The molecule has 0 fully saturated rings. The number of benzene rings is 2. The zero-order valence-electron chi connectivity index (χ0n) is 11.4. The van der Waals surface area contributed by atoms with E-state index in [0.29, 0.717) is 6.07 Å². The van der Waals surface area contributed by atoms with E-state index in [2.05, 4.69) is 5.32 Å². The summed E-state index contributed by atoms with van der Waals surface area (Å²) in [6.07, 6.45) is 0. The minimum absolute atomic E-state index is 0.0110. The highest BCUT2D eigenvalue weighted by atomic mass is 19.2. The highest BCUT2D eigenvalue weighted by Gasteiger charge is 2.11. The Morgan fingerprint density at radius 1 is 0.950 bits per heavy atom. The van der Waals surface area contributed by atoms with E-state index in [1.54, 1.807) is 0 Å². The average molecular weight is 279 g/mol. The van der Waals surface area contributed by atoms with Crippen molar-refractivity contribution >= 4 is 0 Å². The largest absolute Gasteiger partial charge is 0.306 e. The summed E-state index contributed by atoms with van der Waals surface area (Å²) in [7, 11) is 0. The number of rotatable bonds is 4. The molecule has 0 aliphatic carbocycles. The van der Waals surface area contributed by atoms with Crippen LogP contribution in [0.5, 0.6) is 0 Å². The van der Waals surface area contributed by atoms with Gasteiger partial charge in [-0.05, 0) is 25.5 Å². The molecule has 2 aromatic carbocycles. The first-order chi connectivity index (χ1) is 9.47. The van der Waals surface area contributed by atoms with Gasteiger partial charge in [-0.25, -0.2) is 13.2 Å². The van der Waals surface area contributed by atoms with Gasteiger partial charge in [0.1, 0.15) is 5.82 Å². The van der Waals surface area contributed by atoms with Crippen molar-refractivity contribution in [2.45, 2.75) is 26.4 Å². The van der Waals surface area contributed by atoms with Crippen molar-refractivity contribution in [3.8, 4) is 0 Å². The van der Waals surface area contributed by atoms with Crippen LogP contribution in [0.1, 0.15) is 29.7 Å². The highest BCUT2D eigenvalue weighted by Crippen LogP contribution is 2.17. The maximum Gasteiger partial charge on any atom is 0.161 e. The van der Waals surface area contributed by atoms with Gasteiger partial charge >= 0.3 is 0 Å². The van der Waals surface area contributed by atoms with E-state index in [0.717, 1.165) is 17.2 Å². The van der Waals surface area contributed by atoms with Gasteiger partial charge in [0, 0.05) is 24.2 Å². The third-order valence-electron chi connectivity index (χ3n) is 3.27. The van der Waals surface area contributed by atoms with E-state index in [1.807, 2.05) is 38.1 Å². The molecule has 0 aliphatic heterocycles. The van der Waals surface area contributed by atoms with E-state index in [9.17, 15) is 13.2 Å². The number of aryl methyl sites for hydroxylation is 1. The minimum Gasteiger partial charge on any atom is -0.306 e. The van der Waals surface area contributed by atoms with Crippen molar-refractivity contribution in [2.75, 3.05) is 0 Å². The SMILES string of the molecule is Cc1ccc([C@H](C)NCc2cc(F)c(F)cc2F)cc1. The molecule has 0 radical (unpaired) electrons. The fourth-order valence-electron chi connectivity index (χ4n) is 1.94. The second-order valence-electron chi connectivity index (χ2n) is 4.87. The third-order valence-corrected chi connectivity index (χ3v) is 3.27. The average Bonchev–Trinajstić information content (AvgIpc) is 2.42. The van der Waals surface area contributed by atoms with Crippen LogP contribution in [0.2, 0.25) is 0 Å². The lowest BCUT2D eigenvalue weighted by Crippen LogP contribution is -2.19. The Balaban J connectivity index is 2.05. The molecule has 0 unspecified atom stereocenters. The van der Waals surface area contributed by atoms with Crippen LogP contribution in [-0.4, -0.2) is 0 Å². The van der Waals surface area contributed by atoms with Gasteiger partial charge in [-0.3, -0.25) is 0 Å². The summed E-state index contributed by atoms with van der Waals surface area (Å²) in [6.45, 7) is 4.07. The summed E-state index contributed by atoms with van der Waals surface area (Å²) in [4.78, 5) is 0. The molecule has 4 heteroatoms. The van der Waals surface area contributed by atoms with Gasteiger partial charge in [0.15, 0.2) is 11.6 Å². The van der Waals surface area contributed by atoms with Crippen LogP contribution in [0.25, 0.3) is 0 Å². The van der Waals surface area contributed by atoms with Gasteiger partial charge in [0.25, 0.3) is 0 Å². The monoisotopic (exact) mass is 279 g/mol. The molecule has 1 N–H and O–H groups in total. The summed E-state index contributed by atoms with van der Waals surface area (Å²) in [5.74, 6) is -2.95. The van der Waals surface area contributed by atoms with Crippen molar-refractivity contribution in [1.29, 1.82) is 0 Å². The molecule has 0 bridgehead atoms. The van der Waals surface area contributed by atoms with Gasteiger partial charge in [-0.1, -0.05) is 29.8 Å². The summed E-state index contributed by atoms with van der Waals surface area (Å²) in [5.41, 5.74) is 2.33. The molecule has 0 saturated heterocycles. The van der Waals surface area contributed by atoms with Crippen LogP contribution in [-0.2, 0) is 6.54 Å². The van der Waals surface area contributed by atoms with E-state index in [4.69, 9.17) is 0 Å². The lowest BCUT2D eigenvalue weighted by Gasteiger charge is -2.15. The molecule has 0 spiro atoms. The molecular formula is C16H16F3N. The zero-order valence-corrected chi connectivity index (χ0v) is 11.4. The summed E-state index contributed by atoms with van der Waals surface area (Å²) < 4.78 is 39.4. The Labute approximate surface area is 116 Å². The van der Waals surface area contributed by atoms with E-state index >= 15 is 0 Å². The normalized spacial score (nSPS) is 12.4. The second-order valence-corrected chi connectivity index (χ2v) is 4.87. The van der Waals surface area contributed by atoms with E-state index in [-0.39, 0.29) is 18.2 Å². The highest BCUT2D eigenvalue weighted by molar-refractivity contribution is 5.24. The quantitative estimate of drug-likeness (QED) is 0.824. The predicted octanol–water partition coefficient (Wildman–Crippen LogP) is 4.26. The van der Waals surface area contributed by atoms with Crippen LogP contribution in [0.15, 0.2) is 36.4 Å². The van der Waals surface area contributed by atoms with Crippen LogP contribution in [0, 0.1) is 24.4 Å². The van der Waals surface area contributed by atoms with Crippen molar-refractivity contribution in [2.24, 2.45) is 0 Å². The predicted molar refractivity (Wildman–Crippen MR) is 72.7 cm³/mol. The van der Waals surface area contributed by atoms with E-state index < -0.39 is 17.5 Å². The number of nitrogens with one attached hydrogen (secondary N) is 1. The summed E-state index contributed by atoms with van der Waals surface area (Å²) in [5, 5.41) is 3.09. The smallest absolute Gasteiger partial charge is 0.161 e. The minimum atomic E-state index is -1.17. The first-order valence-corrected chi connectivity index (χ1v) is 6.40. The molecule has 0 saturated carbocycles. The molecule has 0 aliphatic rings. The number of halogens is 3. The lowest BCUT2D eigenvalue weighted by atomic mass is 10.1. The number of hydrogen-bond acceptors (Lipinski definition) is 1.